The maximum atomic E-state index is 13.9. The van der Waals surface area contributed by atoms with Gasteiger partial charge in [-0.2, -0.15) is 0 Å². The molecule has 8 heteroatoms. The summed E-state index contributed by atoms with van der Waals surface area (Å²) in [7, 11) is 0. The van der Waals surface area contributed by atoms with Crippen LogP contribution in [0.4, 0.5) is 4.39 Å². The van der Waals surface area contributed by atoms with E-state index in [-0.39, 0.29) is 35.5 Å². The van der Waals surface area contributed by atoms with E-state index in [2.05, 4.69) is 15.2 Å². The number of rotatable bonds is 4. The number of likely N-dealkylation sites (tertiary alicyclic amines) is 2. The van der Waals surface area contributed by atoms with Gasteiger partial charge in [-0.25, -0.2) is 4.39 Å². The molecular formula is C22H31FN4O3. The molecule has 0 radical (unpaired) electrons. The fourth-order valence-corrected chi connectivity index (χ4v) is 5.16. The van der Waals surface area contributed by atoms with Crippen LogP contribution in [0.3, 0.4) is 0 Å². The molecule has 3 aliphatic rings. The molecule has 0 unspecified atom stereocenters. The van der Waals surface area contributed by atoms with E-state index < -0.39 is 11.9 Å². The van der Waals surface area contributed by atoms with Gasteiger partial charge in [-0.3, -0.25) is 19.5 Å². The van der Waals surface area contributed by atoms with Gasteiger partial charge in [-0.15, -0.1) is 0 Å². The third-order valence-corrected chi connectivity index (χ3v) is 6.80. The first-order valence-electron chi connectivity index (χ1n) is 11.2. The predicted octanol–water partition coefficient (Wildman–Crippen LogP) is 1.71. The van der Waals surface area contributed by atoms with Gasteiger partial charge >= 0.3 is 0 Å². The Morgan fingerprint density at radius 3 is 2.57 bits per heavy atom. The molecule has 1 aliphatic carbocycles. The Labute approximate surface area is 176 Å². The van der Waals surface area contributed by atoms with Crippen molar-refractivity contribution >= 4 is 11.8 Å². The lowest BCUT2D eigenvalue weighted by Gasteiger charge is -2.39. The van der Waals surface area contributed by atoms with Crippen molar-refractivity contribution in [2.75, 3.05) is 19.6 Å². The fraction of sp³-hybridized carbons (Fsp3) is 0.682. The number of aliphatic hydroxyl groups excluding tert-OH is 1. The topological polar surface area (TPSA) is 85.8 Å². The Morgan fingerprint density at radius 2 is 1.87 bits per heavy atom. The first-order valence-corrected chi connectivity index (χ1v) is 11.2. The van der Waals surface area contributed by atoms with Gasteiger partial charge in [-0.05, 0) is 38.2 Å². The van der Waals surface area contributed by atoms with E-state index in [1.807, 2.05) is 0 Å². The van der Waals surface area contributed by atoms with Crippen molar-refractivity contribution in [3.63, 3.8) is 0 Å². The van der Waals surface area contributed by atoms with Crippen molar-refractivity contribution in [3.05, 3.63) is 29.8 Å². The minimum absolute atomic E-state index is 0.0239. The van der Waals surface area contributed by atoms with Crippen molar-refractivity contribution in [1.82, 2.24) is 20.1 Å². The fourth-order valence-electron chi connectivity index (χ4n) is 5.16. The highest BCUT2D eigenvalue weighted by atomic mass is 19.1. The summed E-state index contributed by atoms with van der Waals surface area (Å²) >= 11 is 0. The molecule has 7 nitrogen and oxygen atoms in total. The second-order valence-electron chi connectivity index (χ2n) is 8.82. The van der Waals surface area contributed by atoms with Crippen molar-refractivity contribution < 1.29 is 19.1 Å². The molecule has 2 atom stereocenters. The number of amides is 2. The molecule has 2 saturated heterocycles. The van der Waals surface area contributed by atoms with Gasteiger partial charge in [0, 0.05) is 37.9 Å². The summed E-state index contributed by atoms with van der Waals surface area (Å²) in [6.45, 7) is 1.50. The molecule has 2 amide bonds. The number of nitrogens with zero attached hydrogens (tertiary/aromatic N) is 3. The first-order chi connectivity index (χ1) is 14.5. The number of carbonyl (C=O) groups excluding carboxylic acids is 2. The van der Waals surface area contributed by atoms with Gasteiger partial charge in [0.2, 0.25) is 5.91 Å². The van der Waals surface area contributed by atoms with Crippen LogP contribution in [0.15, 0.2) is 18.5 Å². The quantitative estimate of drug-likeness (QED) is 0.778. The standard InChI is InChI=1S/C22H31FN4O3/c23-19-13-24-9-6-18(19)22(30)26-10-7-16(8-11-26)27-14-17(28)12-20(27)21(29)25-15-4-2-1-3-5-15/h6,9,13,15-17,20,28H,1-5,7-8,10-12,14H2,(H,25,29)/t17-,20+/m1/s1. The third-order valence-electron chi connectivity index (χ3n) is 6.80. The highest BCUT2D eigenvalue weighted by molar-refractivity contribution is 5.94. The number of hydrogen-bond donors (Lipinski definition) is 2. The molecule has 0 spiro atoms. The summed E-state index contributed by atoms with van der Waals surface area (Å²) in [6.07, 6.45) is 9.47. The zero-order chi connectivity index (χ0) is 21.1. The number of aromatic nitrogens is 1. The monoisotopic (exact) mass is 418 g/mol. The van der Waals surface area contributed by atoms with Crippen LogP contribution in [0.1, 0.15) is 61.7 Å². The van der Waals surface area contributed by atoms with Crippen molar-refractivity contribution in [3.8, 4) is 0 Å². The van der Waals surface area contributed by atoms with Gasteiger partial charge in [0.25, 0.3) is 5.91 Å². The average Bonchev–Trinajstić information content (AvgIpc) is 3.16. The van der Waals surface area contributed by atoms with Crippen LogP contribution in [-0.4, -0.2) is 75.6 Å². The summed E-state index contributed by atoms with van der Waals surface area (Å²) < 4.78 is 13.9. The summed E-state index contributed by atoms with van der Waals surface area (Å²) in [5.74, 6) is -0.899. The molecule has 0 aromatic carbocycles. The Kier molecular flexibility index (Phi) is 6.63. The van der Waals surface area contributed by atoms with Crippen LogP contribution in [0.5, 0.6) is 0 Å². The molecule has 0 bridgehead atoms. The van der Waals surface area contributed by atoms with E-state index in [4.69, 9.17) is 0 Å². The number of hydrogen-bond acceptors (Lipinski definition) is 5. The molecule has 1 saturated carbocycles. The second kappa shape index (κ2) is 9.39. The van der Waals surface area contributed by atoms with E-state index in [0.29, 0.717) is 38.9 Å². The molecule has 164 valence electrons. The maximum Gasteiger partial charge on any atom is 0.256 e. The lowest BCUT2D eigenvalue weighted by atomic mass is 9.95. The van der Waals surface area contributed by atoms with Crippen LogP contribution < -0.4 is 5.32 Å². The molecule has 3 heterocycles. The molecule has 30 heavy (non-hydrogen) atoms. The molecule has 2 N–H and O–H groups in total. The Balaban J connectivity index is 1.35. The molecular weight excluding hydrogens is 387 g/mol. The minimum atomic E-state index is -0.605. The largest absolute Gasteiger partial charge is 0.392 e. The predicted molar refractivity (Wildman–Crippen MR) is 109 cm³/mol. The van der Waals surface area contributed by atoms with Crippen LogP contribution in [0.2, 0.25) is 0 Å². The zero-order valence-corrected chi connectivity index (χ0v) is 17.3. The minimum Gasteiger partial charge on any atom is -0.392 e. The molecule has 2 aliphatic heterocycles. The molecule has 4 rings (SSSR count). The van der Waals surface area contributed by atoms with Crippen LogP contribution in [0, 0.1) is 5.82 Å². The van der Waals surface area contributed by atoms with Gasteiger partial charge in [0.05, 0.1) is 23.9 Å². The van der Waals surface area contributed by atoms with E-state index in [9.17, 15) is 19.1 Å². The molecule has 1 aromatic rings. The number of pyridine rings is 1. The third kappa shape index (κ3) is 4.64. The second-order valence-corrected chi connectivity index (χ2v) is 8.82. The number of piperidine rings is 1. The first kappa shape index (κ1) is 21.2. The Hall–Kier alpha value is -2.06. The number of β-amino-alcohol motifs (C(OH)–C–C–N with tert-alkyl or cyclic N) is 1. The van der Waals surface area contributed by atoms with Gasteiger partial charge in [0.15, 0.2) is 5.82 Å². The summed E-state index contributed by atoms with van der Waals surface area (Å²) in [5.41, 5.74) is 0.0461. The van der Waals surface area contributed by atoms with Gasteiger partial charge in [-0.1, -0.05) is 19.3 Å². The van der Waals surface area contributed by atoms with E-state index in [1.165, 1.54) is 18.7 Å². The van der Waals surface area contributed by atoms with Crippen molar-refractivity contribution in [2.24, 2.45) is 0 Å². The highest BCUT2D eigenvalue weighted by Crippen LogP contribution is 2.28. The van der Waals surface area contributed by atoms with Crippen LogP contribution in [-0.2, 0) is 4.79 Å². The van der Waals surface area contributed by atoms with E-state index in [1.54, 1.807) is 4.90 Å². The molecule has 3 fully saturated rings. The Bertz CT molecular complexity index is 763. The van der Waals surface area contributed by atoms with Crippen molar-refractivity contribution in [1.29, 1.82) is 0 Å². The van der Waals surface area contributed by atoms with Gasteiger partial charge < -0.3 is 15.3 Å². The van der Waals surface area contributed by atoms with Crippen LogP contribution in [0.25, 0.3) is 0 Å². The molecule has 1 aromatic heterocycles. The van der Waals surface area contributed by atoms with E-state index in [0.717, 1.165) is 31.9 Å². The SMILES string of the molecule is O=C(NC1CCCCC1)[C@@H]1C[C@@H](O)CN1C1CCN(C(=O)c2ccncc2F)CC1. The van der Waals surface area contributed by atoms with E-state index >= 15 is 0 Å². The Morgan fingerprint density at radius 1 is 1.13 bits per heavy atom. The zero-order valence-electron chi connectivity index (χ0n) is 17.3. The lowest BCUT2D eigenvalue weighted by molar-refractivity contribution is -0.127. The number of nitrogens with one attached hydrogen (secondary N) is 1. The summed E-state index contributed by atoms with van der Waals surface area (Å²) in [6, 6.07) is 1.48. The number of carbonyl (C=O) groups is 2. The smallest absolute Gasteiger partial charge is 0.256 e. The highest BCUT2D eigenvalue weighted by Gasteiger charge is 2.41. The van der Waals surface area contributed by atoms with Gasteiger partial charge in [0.1, 0.15) is 0 Å². The lowest BCUT2D eigenvalue weighted by Crippen LogP contribution is -2.53. The maximum absolute atomic E-state index is 13.9. The number of aliphatic hydroxyl groups is 1. The van der Waals surface area contributed by atoms with Crippen LogP contribution >= 0.6 is 0 Å². The summed E-state index contributed by atoms with van der Waals surface area (Å²) in [4.78, 5) is 33.1. The summed E-state index contributed by atoms with van der Waals surface area (Å²) in [5, 5.41) is 13.4. The van der Waals surface area contributed by atoms with Crippen molar-refractivity contribution in [2.45, 2.75) is 75.6 Å². The average molecular weight is 419 g/mol. The number of halogens is 1. The normalized spacial score (nSPS) is 26.7.